The molecule has 1 aromatic rings. The van der Waals surface area contributed by atoms with Crippen molar-refractivity contribution in [1.29, 1.82) is 0 Å². The number of ether oxygens (including phenoxy) is 1. The van der Waals surface area contributed by atoms with Gasteiger partial charge in [-0.15, -0.1) is 0 Å². The van der Waals surface area contributed by atoms with Crippen LogP contribution < -0.4 is 5.32 Å². The fourth-order valence-electron chi connectivity index (χ4n) is 2.85. The van der Waals surface area contributed by atoms with Crippen molar-refractivity contribution in [3.63, 3.8) is 0 Å². The molecule has 3 nitrogen and oxygen atoms in total. The third kappa shape index (κ3) is 3.14. The van der Waals surface area contributed by atoms with E-state index in [0.717, 1.165) is 6.54 Å². The molecule has 0 spiro atoms. The van der Waals surface area contributed by atoms with Gasteiger partial charge in [0.2, 0.25) is 0 Å². The molecule has 1 N–H and O–H groups in total. The molecule has 0 saturated carbocycles. The molecule has 2 rings (SSSR count). The van der Waals surface area contributed by atoms with E-state index in [-0.39, 0.29) is 18.0 Å². The van der Waals surface area contributed by atoms with E-state index < -0.39 is 0 Å². The highest BCUT2D eigenvalue weighted by atomic mass is 35.5. The average molecular weight is 301 g/mol. The normalized spacial score (nSPS) is 24.3. The monoisotopic (exact) mass is 300 g/mol. The predicted molar refractivity (Wildman–Crippen MR) is 79.7 cm³/mol. The van der Waals surface area contributed by atoms with Crippen LogP contribution in [0.5, 0.6) is 0 Å². The van der Waals surface area contributed by atoms with Crippen LogP contribution in [0.4, 0.5) is 4.39 Å². The number of nitrogens with zero attached hydrogens (tertiary/aromatic N) is 1. The van der Waals surface area contributed by atoms with Crippen molar-refractivity contribution in [2.24, 2.45) is 0 Å². The van der Waals surface area contributed by atoms with Gasteiger partial charge in [0.05, 0.1) is 18.8 Å². The van der Waals surface area contributed by atoms with Crippen LogP contribution in [-0.4, -0.2) is 43.8 Å². The van der Waals surface area contributed by atoms with Gasteiger partial charge in [0.15, 0.2) is 0 Å². The first kappa shape index (κ1) is 15.7. The maximum absolute atomic E-state index is 14.3. The van der Waals surface area contributed by atoms with Gasteiger partial charge in [0, 0.05) is 29.7 Å². The second-order valence-corrected chi connectivity index (χ2v) is 5.79. The highest BCUT2D eigenvalue weighted by Crippen LogP contribution is 2.36. The maximum Gasteiger partial charge on any atom is 0.129 e. The van der Waals surface area contributed by atoms with Gasteiger partial charge in [0.1, 0.15) is 5.82 Å². The molecular formula is C15H22ClFN2O. The van der Waals surface area contributed by atoms with Gasteiger partial charge in [-0.2, -0.15) is 0 Å². The Hall–Kier alpha value is -0.680. The van der Waals surface area contributed by atoms with Gasteiger partial charge in [-0.05, 0) is 33.0 Å². The highest BCUT2D eigenvalue weighted by Gasteiger charge is 2.37. The predicted octanol–water partition coefficient (Wildman–Crippen LogP) is 2.85. The van der Waals surface area contributed by atoms with Gasteiger partial charge < -0.3 is 10.1 Å². The quantitative estimate of drug-likeness (QED) is 0.925. The number of hydrogen-bond acceptors (Lipinski definition) is 3. The van der Waals surface area contributed by atoms with Crippen molar-refractivity contribution in [1.82, 2.24) is 10.2 Å². The molecule has 2 atom stereocenters. The van der Waals surface area contributed by atoms with Gasteiger partial charge in [0.25, 0.3) is 0 Å². The number of hydrogen-bond donors (Lipinski definition) is 1. The summed E-state index contributed by atoms with van der Waals surface area (Å²) in [6, 6.07) is 4.98. The molecule has 0 radical (unpaired) electrons. The molecule has 0 aliphatic carbocycles. The van der Waals surface area contributed by atoms with Crippen LogP contribution >= 0.6 is 11.6 Å². The third-order valence-electron chi connectivity index (χ3n) is 3.75. The maximum atomic E-state index is 14.3. The lowest BCUT2D eigenvalue weighted by Crippen LogP contribution is -2.51. The molecule has 1 aromatic carbocycles. The molecule has 0 aromatic heterocycles. The van der Waals surface area contributed by atoms with Crippen molar-refractivity contribution >= 4 is 11.6 Å². The van der Waals surface area contributed by atoms with Crippen molar-refractivity contribution in [3.05, 3.63) is 34.6 Å². The third-order valence-corrected chi connectivity index (χ3v) is 4.08. The fraction of sp³-hybridized carbons (Fsp3) is 0.600. The molecule has 1 heterocycles. The summed E-state index contributed by atoms with van der Waals surface area (Å²) in [5, 5.41) is 3.58. The minimum absolute atomic E-state index is 0.106. The standard InChI is InChI=1S/C15H22ClFN2O/c1-10(2)19-7-8-20-13(9-18-3)15(19)14-11(16)5-4-6-12(14)17/h4-6,10,13,15,18H,7-9H2,1-3H3. The first-order valence-corrected chi connectivity index (χ1v) is 7.40. The second kappa shape index (κ2) is 6.85. The SMILES string of the molecule is CNCC1OCCN(C(C)C)C1c1c(F)cccc1Cl. The summed E-state index contributed by atoms with van der Waals surface area (Å²) < 4.78 is 20.1. The van der Waals surface area contributed by atoms with E-state index in [0.29, 0.717) is 29.8 Å². The summed E-state index contributed by atoms with van der Waals surface area (Å²) in [6.07, 6.45) is -0.106. The van der Waals surface area contributed by atoms with E-state index >= 15 is 0 Å². The Morgan fingerprint density at radius 3 is 2.85 bits per heavy atom. The molecule has 0 bridgehead atoms. The van der Waals surface area contributed by atoms with E-state index in [2.05, 4.69) is 24.1 Å². The van der Waals surface area contributed by atoms with Gasteiger partial charge in [-0.1, -0.05) is 17.7 Å². The molecule has 112 valence electrons. The number of morpholine rings is 1. The summed E-state index contributed by atoms with van der Waals surface area (Å²) in [7, 11) is 1.87. The molecule has 5 heteroatoms. The number of halogens is 2. The first-order valence-electron chi connectivity index (χ1n) is 7.02. The fourth-order valence-corrected chi connectivity index (χ4v) is 3.12. The topological polar surface area (TPSA) is 24.5 Å². The molecule has 1 aliphatic rings. The molecule has 1 saturated heterocycles. The lowest BCUT2D eigenvalue weighted by molar-refractivity contribution is -0.0824. The van der Waals surface area contributed by atoms with Crippen LogP contribution in [0.2, 0.25) is 5.02 Å². The lowest BCUT2D eigenvalue weighted by Gasteiger charge is -2.44. The summed E-state index contributed by atoms with van der Waals surface area (Å²) in [4.78, 5) is 2.26. The molecule has 1 fully saturated rings. The second-order valence-electron chi connectivity index (χ2n) is 5.38. The Labute approximate surface area is 125 Å². The number of rotatable bonds is 4. The Bertz CT molecular complexity index is 433. The van der Waals surface area contributed by atoms with Crippen LogP contribution in [0, 0.1) is 5.82 Å². The van der Waals surface area contributed by atoms with E-state index in [1.807, 2.05) is 7.05 Å². The minimum Gasteiger partial charge on any atom is -0.374 e. The summed E-state index contributed by atoms with van der Waals surface area (Å²) in [5.41, 5.74) is 0.544. The van der Waals surface area contributed by atoms with Crippen molar-refractivity contribution in [2.45, 2.75) is 32.0 Å². The summed E-state index contributed by atoms with van der Waals surface area (Å²) in [6.45, 7) is 6.34. The van der Waals surface area contributed by atoms with E-state index in [1.54, 1.807) is 12.1 Å². The molecule has 0 amide bonds. The number of likely N-dealkylation sites (N-methyl/N-ethyl adjacent to an activating group) is 1. The van der Waals surface area contributed by atoms with E-state index in [1.165, 1.54) is 6.07 Å². The van der Waals surface area contributed by atoms with Crippen molar-refractivity contribution in [3.8, 4) is 0 Å². The lowest BCUT2D eigenvalue weighted by atomic mass is 9.96. The zero-order valence-corrected chi connectivity index (χ0v) is 13.0. The van der Waals surface area contributed by atoms with E-state index in [9.17, 15) is 4.39 Å². The van der Waals surface area contributed by atoms with Gasteiger partial charge in [-0.3, -0.25) is 4.90 Å². The highest BCUT2D eigenvalue weighted by molar-refractivity contribution is 6.31. The Kier molecular flexibility index (Phi) is 5.38. The summed E-state index contributed by atoms with van der Waals surface area (Å²) in [5.74, 6) is -0.264. The van der Waals surface area contributed by atoms with Crippen LogP contribution in [0.25, 0.3) is 0 Å². The van der Waals surface area contributed by atoms with Crippen LogP contribution in [-0.2, 0) is 4.74 Å². The van der Waals surface area contributed by atoms with Crippen LogP contribution in [0.15, 0.2) is 18.2 Å². The van der Waals surface area contributed by atoms with Crippen LogP contribution in [0.3, 0.4) is 0 Å². The Morgan fingerprint density at radius 2 is 2.25 bits per heavy atom. The zero-order chi connectivity index (χ0) is 14.7. The molecule has 20 heavy (non-hydrogen) atoms. The van der Waals surface area contributed by atoms with Crippen LogP contribution in [0.1, 0.15) is 25.5 Å². The number of benzene rings is 1. The zero-order valence-electron chi connectivity index (χ0n) is 12.2. The average Bonchev–Trinajstić information content (AvgIpc) is 2.40. The Morgan fingerprint density at radius 1 is 1.50 bits per heavy atom. The van der Waals surface area contributed by atoms with Gasteiger partial charge >= 0.3 is 0 Å². The van der Waals surface area contributed by atoms with Gasteiger partial charge in [-0.25, -0.2) is 4.39 Å². The molecular weight excluding hydrogens is 279 g/mol. The van der Waals surface area contributed by atoms with E-state index in [4.69, 9.17) is 16.3 Å². The first-order chi connectivity index (χ1) is 9.56. The Balaban J connectivity index is 2.43. The molecule has 1 aliphatic heterocycles. The van der Waals surface area contributed by atoms with Crippen molar-refractivity contribution < 1.29 is 9.13 Å². The summed E-state index contributed by atoms with van der Waals surface area (Å²) >= 11 is 6.26. The smallest absolute Gasteiger partial charge is 0.129 e. The number of nitrogens with one attached hydrogen (secondary N) is 1. The largest absolute Gasteiger partial charge is 0.374 e. The minimum atomic E-state index is -0.264. The molecule has 2 unspecified atom stereocenters. The van der Waals surface area contributed by atoms with Crippen molar-refractivity contribution in [2.75, 3.05) is 26.7 Å².